The summed E-state index contributed by atoms with van der Waals surface area (Å²) in [4.78, 5) is 0. The highest BCUT2D eigenvalue weighted by molar-refractivity contribution is 5.48. The molecule has 94 valence electrons. The van der Waals surface area contributed by atoms with E-state index in [0.717, 1.165) is 19.3 Å². The lowest BCUT2D eigenvalue weighted by molar-refractivity contribution is 0.673. The standard InChI is InChI=1S/C18H17N/c19-14-8-5-13-7-9-16-15-4-2-1-3-12(15)6-10-17(16)18(13)11-14/h1-7,9,14H,8,10-11,19H2. The number of rotatable bonds is 0. The zero-order chi connectivity index (χ0) is 12.8. The van der Waals surface area contributed by atoms with Gasteiger partial charge in [-0.15, -0.1) is 0 Å². The van der Waals surface area contributed by atoms with E-state index in [1.165, 1.54) is 32.0 Å². The lowest BCUT2D eigenvalue weighted by atomic mass is 9.87. The van der Waals surface area contributed by atoms with Crippen molar-refractivity contribution >= 4 is 12.2 Å². The van der Waals surface area contributed by atoms with Crippen molar-refractivity contribution in [2.75, 3.05) is 0 Å². The number of fused-ring (bicyclic) bond motifs is 4. The first-order valence-electron chi connectivity index (χ1n) is 6.99. The lowest BCUT2D eigenvalue weighted by Crippen LogP contribution is -2.31. The fourth-order valence-corrected chi connectivity index (χ4v) is 3.39. The van der Waals surface area contributed by atoms with Crippen molar-refractivity contribution in [2.45, 2.75) is 25.3 Å². The molecular weight excluding hydrogens is 230 g/mol. The van der Waals surface area contributed by atoms with Crippen LogP contribution in [0.3, 0.4) is 0 Å². The summed E-state index contributed by atoms with van der Waals surface area (Å²) < 4.78 is 0. The maximum Gasteiger partial charge on any atom is 0.0115 e. The van der Waals surface area contributed by atoms with E-state index in [-0.39, 0.29) is 6.04 Å². The van der Waals surface area contributed by atoms with Crippen molar-refractivity contribution in [3.63, 3.8) is 0 Å². The molecule has 1 nitrogen and oxygen atoms in total. The number of hydrogen-bond acceptors (Lipinski definition) is 1. The van der Waals surface area contributed by atoms with Gasteiger partial charge in [-0.05, 0) is 51.3 Å². The third kappa shape index (κ3) is 1.66. The number of nitrogens with two attached hydrogens (primary N) is 1. The van der Waals surface area contributed by atoms with Crippen LogP contribution < -0.4 is 16.2 Å². The van der Waals surface area contributed by atoms with Crippen LogP contribution in [0.15, 0.2) is 36.4 Å². The van der Waals surface area contributed by atoms with Crippen LogP contribution in [0.1, 0.15) is 17.5 Å². The molecule has 19 heavy (non-hydrogen) atoms. The molecule has 1 heteroatoms. The second-order valence-corrected chi connectivity index (χ2v) is 5.56. The minimum absolute atomic E-state index is 0.288. The van der Waals surface area contributed by atoms with Crippen LogP contribution in [0.25, 0.3) is 12.2 Å². The summed E-state index contributed by atoms with van der Waals surface area (Å²) >= 11 is 0. The van der Waals surface area contributed by atoms with Gasteiger partial charge in [0.25, 0.3) is 0 Å². The van der Waals surface area contributed by atoms with Crippen LogP contribution in [0.5, 0.6) is 0 Å². The zero-order valence-corrected chi connectivity index (χ0v) is 10.9. The van der Waals surface area contributed by atoms with E-state index < -0.39 is 0 Å². The molecule has 0 fully saturated rings. The molecule has 0 aromatic heterocycles. The van der Waals surface area contributed by atoms with Gasteiger partial charge in [0.1, 0.15) is 0 Å². The summed E-state index contributed by atoms with van der Waals surface area (Å²) in [6, 6.07) is 13.5. The summed E-state index contributed by atoms with van der Waals surface area (Å²) in [5, 5.41) is 5.53. The monoisotopic (exact) mass is 247 g/mol. The van der Waals surface area contributed by atoms with Crippen LogP contribution in [-0.2, 0) is 12.8 Å². The fourth-order valence-electron chi connectivity index (χ4n) is 3.39. The first-order valence-corrected chi connectivity index (χ1v) is 6.99. The van der Waals surface area contributed by atoms with Gasteiger partial charge >= 0.3 is 0 Å². The molecule has 2 aliphatic carbocycles. The van der Waals surface area contributed by atoms with Gasteiger partial charge in [0.15, 0.2) is 0 Å². The molecule has 2 N–H and O–H groups in total. The summed E-state index contributed by atoms with van der Waals surface area (Å²) in [7, 11) is 0. The highest BCUT2D eigenvalue weighted by Gasteiger charge is 2.15. The largest absolute Gasteiger partial charge is 0.327 e. The van der Waals surface area contributed by atoms with E-state index in [9.17, 15) is 0 Å². The Balaban J connectivity index is 2.18. The molecule has 0 saturated carbocycles. The van der Waals surface area contributed by atoms with Crippen LogP contribution in [0.4, 0.5) is 0 Å². The smallest absolute Gasteiger partial charge is 0.0115 e. The van der Waals surface area contributed by atoms with E-state index in [1.807, 2.05) is 0 Å². The van der Waals surface area contributed by atoms with E-state index in [4.69, 9.17) is 5.73 Å². The van der Waals surface area contributed by atoms with E-state index in [2.05, 4.69) is 48.6 Å². The van der Waals surface area contributed by atoms with Gasteiger partial charge in [-0.2, -0.15) is 0 Å². The van der Waals surface area contributed by atoms with Gasteiger partial charge in [0, 0.05) is 6.04 Å². The van der Waals surface area contributed by atoms with Crippen LogP contribution in [0.2, 0.25) is 0 Å². The van der Waals surface area contributed by atoms with Gasteiger partial charge in [0.05, 0.1) is 0 Å². The molecule has 1 unspecified atom stereocenters. The normalized spacial score (nSPS) is 19.5. The average molecular weight is 247 g/mol. The van der Waals surface area contributed by atoms with Crippen molar-refractivity contribution < 1.29 is 0 Å². The molecule has 0 amide bonds. The minimum atomic E-state index is 0.288. The highest BCUT2D eigenvalue weighted by Crippen LogP contribution is 2.17. The van der Waals surface area contributed by atoms with Crippen molar-refractivity contribution in [1.82, 2.24) is 0 Å². The maximum atomic E-state index is 6.14. The highest BCUT2D eigenvalue weighted by atomic mass is 14.6. The first kappa shape index (κ1) is 11.0. The summed E-state index contributed by atoms with van der Waals surface area (Å²) in [6.07, 6.45) is 7.70. The second-order valence-electron chi connectivity index (χ2n) is 5.56. The molecule has 2 aromatic rings. The Bertz CT molecular complexity index is 862. The number of hydrogen-bond donors (Lipinski definition) is 1. The van der Waals surface area contributed by atoms with Gasteiger partial charge < -0.3 is 5.73 Å². The molecule has 0 spiro atoms. The van der Waals surface area contributed by atoms with Crippen molar-refractivity contribution in [1.29, 1.82) is 0 Å². The fraction of sp³-hybridized carbons (Fsp3) is 0.222. The van der Waals surface area contributed by atoms with E-state index in [1.54, 1.807) is 0 Å². The third-order valence-electron chi connectivity index (χ3n) is 4.35. The van der Waals surface area contributed by atoms with Gasteiger partial charge in [-0.3, -0.25) is 0 Å². The zero-order valence-electron chi connectivity index (χ0n) is 10.9. The molecule has 0 saturated heterocycles. The van der Waals surface area contributed by atoms with Crippen molar-refractivity contribution in [3.8, 4) is 0 Å². The summed E-state index contributed by atoms with van der Waals surface area (Å²) in [6.45, 7) is 0. The molecule has 0 heterocycles. The van der Waals surface area contributed by atoms with Crippen LogP contribution in [0, 0.1) is 10.4 Å². The second kappa shape index (κ2) is 4.07. The Hall–Kier alpha value is -1.86. The molecule has 2 aromatic carbocycles. The SMILES string of the molecule is NC1CC=c2ccc3c(c2C1)CC=c1ccccc1=3. The molecular formula is C18H17N. The Morgan fingerprint density at radius 2 is 1.74 bits per heavy atom. The molecule has 0 aliphatic heterocycles. The Morgan fingerprint density at radius 3 is 2.68 bits per heavy atom. The van der Waals surface area contributed by atoms with E-state index >= 15 is 0 Å². The molecule has 0 radical (unpaired) electrons. The number of benzene rings is 2. The predicted octanol–water partition coefficient (Wildman–Crippen LogP) is 1.36. The van der Waals surface area contributed by atoms with E-state index in [0.29, 0.717) is 0 Å². The lowest BCUT2D eigenvalue weighted by Gasteiger charge is -2.20. The Kier molecular flexibility index (Phi) is 2.36. The van der Waals surface area contributed by atoms with Gasteiger partial charge in [-0.25, -0.2) is 0 Å². The molecule has 2 aliphatic rings. The predicted molar refractivity (Wildman–Crippen MR) is 78.7 cm³/mol. The maximum absolute atomic E-state index is 6.14. The minimum Gasteiger partial charge on any atom is -0.327 e. The molecule has 1 atom stereocenters. The van der Waals surface area contributed by atoms with Gasteiger partial charge in [-0.1, -0.05) is 48.6 Å². The van der Waals surface area contributed by atoms with Crippen LogP contribution in [-0.4, -0.2) is 6.04 Å². The topological polar surface area (TPSA) is 26.0 Å². The summed E-state index contributed by atoms with van der Waals surface area (Å²) in [5.74, 6) is 0. The van der Waals surface area contributed by atoms with Crippen LogP contribution >= 0.6 is 0 Å². The third-order valence-corrected chi connectivity index (χ3v) is 4.35. The molecule has 4 rings (SSSR count). The Morgan fingerprint density at radius 1 is 0.842 bits per heavy atom. The Labute approximate surface area is 112 Å². The van der Waals surface area contributed by atoms with Crippen molar-refractivity contribution in [3.05, 3.63) is 68.4 Å². The average Bonchev–Trinajstić information content (AvgIpc) is 2.46. The summed E-state index contributed by atoms with van der Waals surface area (Å²) in [5.41, 5.74) is 9.10. The van der Waals surface area contributed by atoms with Crippen molar-refractivity contribution in [2.24, 2.45) is 5.73 Å². The van der Waals surface area contributed by atoms with Gasteiger partial charge in [0.2, 0.25) is 0 Å². The first-order chi connectivity index (χ1) is 9.33. The molecule has 0 bridgehead atoms. The quantitative estimate of drug-likeness (QED) is 0.747.